The first kappa shape index (κ1) is 22.1. The first-order valence-corrected chi connectivity index (χ1v) is 10.7. The zero-order valence-corrected chi connectivity index (χ0v) is 18.7. The van der Waals surface area contributed by atoms with Crippen LogP contribution in [0.15, 0.2) is 79.4 Å². The van der Waals surface area contributed by atoms with E-state index in [0.717, 1.165) is 33.3 Å². The van der Waals surface area contributed by atoms with Gasteiger partial charge in [0.2, 0.25) is 0 Å². The molecule has 0 aliphatic rings. The molecule has 0 N–H and O–H groups in total. The van der Waals surface area contributed by atoms with Gasteiger partial charge in [0.25, 0.3) is 5.91 Å². The van der Waals surface area contributed by atoms with Gasteiger partial charge >= 0.3 is 5.97 Å². The average molecular weight is 440 g/mol. The average Bonchev–Trinajstić information content (AvgIpc) is 3.13. The first-order valence-electron chi connectivity index (χ1n) is 10.7. The summed E-state index contributed by atoms with van der Waals surface area (Å²) in [5.74, 6) is 0.183. The van der Waals surface area contributed by atoms with Gasteiger partial charge < -0.3 is 9.47 Å². The summed E-state index contributed by atoms with van der Waals surface area (Å²) < 4.78 is 12.4. The van der Waals surface area contributed by atoms with Gasteiger partial charge in [0.05, 0.1) is 19.0 Å². The monoisotopic (exact) mass is 439 g/mol. The molecular weight excluding hydrogens is 414 g/mol. The summed E-state index contributed by atoms with van der Waals surface area (Å²) in [7, 11) is 1.59. The van der Waals surface area contributed by atoms with E-state index < -0.39 is 0 Å². The third-order valence-corrected chi connectivity index (χ3v) is 5.72. The van der Waals surface area contributed by atoms with Gasteiger partial charge in [-0.3, -0.25) is 14.2 Å². The molecule has 33 heavy (non-hydrogen) atoms. The van der Waals surface area contributed by atoms with Crippen molar-refractivity contribution in [2.75, 3.05) is 7.11 Å². The smallest absolute Gasteiger partial charge is 0.310 e. The number of aromatic nitrogens is 1. The lowest BCUT2D eigenvalue weighted by Gasteiger charge is -2.09. The molecule has 3 aromatic carbocycles. The fourth-order valence-corrected chi connectivity index (χ4v) is 3.89. The number of carbonyl (C=O) groups is 2. The Kier molecular flexibility index (Phi) is 6.41. The molecule has 166 valence electrons. The number of benzene rings is 3. The molecule has 0 unspecified atom stereocenters. The normalized spacial score (nSPS) is 10.7. The molecule has 0 amide bonds. The van der Waals surface area contributed by atoms with Crippen LogP contribution in [0.2, 0.25) is 0 Å². The lowest BCUT2D eigenvalue weighted by molar-refractivity contribution is -0.144. The Balaban J connectivity index is 1.58. The van der Waals surface area contributed by atoms with Gasteiger partial charge in [-0.15, -0.1) is 0 Å². The Morgan fingerprint density at radius 1 is 0.970 bits per heavy atom. The van der Waals surface area contributed by atoms with Crippen LogP contribution in [0.25, 0.3) is 17.0 Å². The van der Waals surface area contributed by atoms with Crippen LogP contribution in [0.3, 0.4) is 0 Å². The van der Waals surface area contributed by atoms with E-state index in [2.05, 4.69) is 6.58 Å². The number of hydrogen-bond donors (Lipinski definition) is 0. The molecule has 5 nitrogen and oxygen atoms in total. The molecule has 4 rings (SSSR count). The van der Waals surface area contributed by atoms with Crippen molar-refractivity contribution in [1.29, 1.82) is 0 Å². The van der Waals surface area contributed by atoms with Gasteiger partial charge in [-0.1, -0.05) is 55.1 Å². The van der Waals surface area contributed by atoms with Crippen molar-refractivity contribution in [2.24, 2.45) is 0 Å². The molecule has 0 saturated heterocycles. The molecule has 0 atom stereocenters. The van der Waals surface area contributed by atoms with Gasteiger partial charge in [0.1, 0.15) is 12.4 Å². The highest BCUT2D eigenvalue weighted by molar-refractivity contribution is 6.04. The van der Waals surface area contributed by atoms with E-state index >= 15 is 0 Å². The number of methoxy groups -OCH3 is 1. The Morgan fingerprint density at radius 3 is 2.33 bits per heavy atom. The maximum atomic E-state index is 13.3. The maximum absolute atomic E-state index is 13.3. The highest BCUT2D eigenvalue weighted by Gasteiger charge is 2.21. The van der Waals surface area contributed by atoms with Crippen LogP contribution < -0.4 is 4.74 Å². The molecule has 5 heteroatoms. The second kappa shape index (κ2) is 9.57. The highest BCUT2D eigenvalue weighted by Crippen LogP contribution is 2.28. The molecule has 0 radical (unpaired) electrons. The summed E-state index contributed by atoms with van der Waals surface area (Å²) in [6.45, 7) is 5.79. The van der Waals surface area contributed by atoms with Crippen LogP contribution in [0.5, 0.6) is 5.75 Å². The number of nitrogens with zero attached hydrogens (tertiary/aromatic N) is 1. The number of fused-ring (bicyclic) bond motifs is 1. The minimum absolute atomic E-state index is 0.0833. The van der Waals surface area contributed by atoms with Crippen molar-refractivity contribution in [2.45, 2.75) is 20.0 Å². The fourth-order valence-electron chi connectivity index (χ4n) is 3.89. The second-order valence-corrected chi connectivity index (χ2v) is 7.73. The van der Waals surface area contributed by atoms with Crippen LogP contribution in [-0.4, -0.2) is 23.6 Å². The lowest BCUT2D eigenvalue weighted by Crippen LogP contribution is -2.14. The summed E-state index contributed by atoms with van der Waals surface area (Å²) in [6.07, 6.45) is 1.85. The Labute approximate surface area is 192 Å². The molecule has 0 saturated carbocycles. The van der Waals surface area contributed by atoms with Crippen molar-refractivity contribution in [1.82, 2.24) is 4.57 Å². The van der Waals surface area contributed by atoms with E-state index in [4.69, 9.17) is 9.47 Å². The van der Waals surface area contributed by atoms with Crippen LogP contribution in [-0.2, 0) is 22.6 Å². The largest absolute Gasteiger partial charge is 0.497 e. The van der Waals surface area contributed by atoms with E-state index in [-0.39, 0.29) is 24.9 Å². The Morgan fingerprint density at radius 2 is 1.67 bits per heavy atom. The Hall–Kier alpha value is -4.12. The minimum Gasteiger partial charge on any atom is -0.497 e. The lowest BCUT2D eigenvalue weighted by atomic mass is 10.1. The third kappa shape index (κ3) is 4.58. The van der Waals surface area contributed by atoms with Crippen LogP contribution in [0.4, 0.5) is 0 Å². The molecule has 0 bridgehead atoms. The predicted molar refractivity (Wildman–Crippen MR) is 129 cm³/mol. The number of hydrogen-bond acceptors (Lipinski definition) is 4. The molecule has 0 fully saturated rings. The fraction of sp³-hybridized carbons (Fsp3) is 0.143. The van der Waals surface area contributed by atoms with Crippen molar-refractivity contribution < 1.29 is 19.1 Å². The summed E-state index contributed by atoms with van der Waals surface area (Å²) in [4.78, 5) is 26.0. The topological polar surface area (TPSA) is 57.5 Å². The third-order valence-electron chi connectivity index (χ3n) is 5.72. The van der Waals surface area contributed by atoms with Gasteiger partial charge in [-0.25, -0.2) is 0 Å². The Bertz CT molecular complexity index is 1310. The molecule has 0 aliphatic carbocycles. The molecule has 1 aromatic heterocycles. The van der Waals surface area contributed by atoms with Crippen molar-refractivity contribution >= 4 is 28.9 Å². The molecule has 0 aliphatic heterocycles. The maximum Gasteiger partial charge on any atom is 0.310 e. The molecular formula is C28H25NO4. The van der Waals surface area contributed by atoms with Crippen molar-refractivity contribution in [3.05, 3.63) is 107 Å². The van der Waals surface area contributed by atoms with Crippen molar-refractivity contribution in [3.8, 4) is 5.75 Å². The van der Waals surface area contributed by atoms with Gasteiger partial charge in [0, 0.05) is 16.6 Å². The van der Waals surface area contributed by atoms with Gasteiger partial charge in [-0.05, 0) is 53.9 Å². The van der Waals surface area contributed by atoms with Crippen LogP contribution in [0, 0.1) is 6.92 Å². The SMILES string of the molecule is C=Cc1ccc(COC(=O)Cc2c(C)n(C(=O)c3ccc(OC)cc3)c3ccccc23)cc1. The number of para-hydroxylation sites is 1. The zero-order chi connectivity index (χ0) is 23.4. The first-order chi connectivity index (χ1) is 16.0. The van der Waals surface area contributed by atoms with Gasteiger partial charge in [0.15, 0.2) is 0 Å². The number of ether oxygens (including phenoxy) is 2. The van der Waals surface area contributed by atoms with Crippen LogP contribution in [0.1, 0.15) is 32.7 Å². The van der Waals surface area contributed by atoms with E-state index in [1.165, 1.54) is 0 Å². The second-order valence-electron chi connectivity index (χ2n) is 7.73. The molecule has 4 aromatic rings. The van der Waals surface area contributed by atoms with Gasteiger partial charge in [-0.2, -0.15) is 0 Å². The standard InChI is InChI=1S/C28H25NO4/c1-4-20-9-11-21(12-10-20)18-33-27(30)17-25-19(2)29(26-8-6-5-7-24(25)26)28(31)22-13-15-23(32-3)16-14-22/h4-16H,1,17-18H2,2-3H3. The summed E-state index contributed by atoms with van der Waals surface area (Å²) in [5, 5.41) is 0.865. The quantitative estimate of drug-likeness (QED) is 0.353. The summed E-state index contributed by atoms with van der Waals surface area (Å²) in [6, 6.07) is 22.3. The summed E-state index contributed by atoms with van der Waals surface area (Å²) in [5.41, 5.74) is 4.73. The molecule has 1 heterocycles. The van der Waals surface area contributed by atoms with E-state index in [1.807, 2.05) is 55.5 Å². The van der Waals surface area contributed by atoms with Crippen molar-refractivity contribution in [3.63, 3.8) is 0 Å². The zero-order valence-electron chi connectivity index (χ0n) is 18.7. The number of rotatable bonds is 7. The van der Waals surface area contributed by atoms with E-state index in [0.29, 0.717) is 11.3 Å². The van der Waals surface area contributed by atoms with E-state index in [1.54, 1.807) is 42.0 Å². The highest BCUT2D eigenvalue weighted by atomic mass is 16.5. The number of esters is 1. The van der Waals surface area contributed by atoms with E-state index in [9.17, 15) is 9.59 Å². The minimum atomic E-state index is -0.342. The van der Waals surface area contributed by atoms with Crippen LogP contribution >= 0.6 is 0 Å². The summed E-state index contributed by atoms with van der Waals surface area (Å²) >= 11 is 0. The predicted octanol–water partition coefficient (Wildman–Crippen LogP) is 5.58. The molecule has 0 spiro atoms. The number of carbonyl (C=O) groups excluding carboxylic acids is 2.